The molecule has 21 heavy (non-hydrogen) atoms. The number of anilines is 1. The van der Waals surface area contributed by atoms with E-state index < -0.39 is 10.7 Å². The van der Waals surface area contributed by atoms with E-state index in [1.807, 2.05) is 0 Å². The first-order valence-corrected chi connectivity index (χ1v) is 6.19. The maximum atomic E-state index is 13.7. The molecule has 0 saturated carbocycles. The summed E-state index contributed by atoms with van der Waals surface area (Å²) >= 11 is 0. The summed E-state index contributed by atoms with van der Waals surface area (Å²) in [6, 6.07) is 4.21. The summed E-state index contributed by atoms with van der Waals surface area (Å²) in [6.07, 6.45) is 1.35. The Hall–Kier alpha value is -2.64. The molecule has 0 fully saturated rings. The average molecular weight is 294 g/mol. The van der Waals surface area contributed by atoms with Gasteiger partial charge in [-0.15, -0.1) is 0 Å². The van der Waals surface area contributed by atoms with E-state index in [-0.39, 0.29) is 23.4 Å². The van der Waals surface area contributed by atoms with Crippen LogP contribution in [-0.4, -0.2) is 21.6 Å². The van der Waals surface area contributed by atoms with Gasteiger partial charge in [-0.1, -0.05) is 6.07 Å². The third-order valence-electron chi connectivity index (χ3n) is 3.12. The van der Waals surface area contributed by atoms with Crippen LogP contribution < -0.4 is 10.1 Å². The number of ether oxygens (including phenoxy) is 1. The Labute approximate surface area is 120 Å². The Morgan fingerprint density at radius 3 is 2.81 bits per heavy atom. The molecule has 8 heteroatoms. The summed E-state index contributed by atoms with van der Waals surface area (Å²) < 4.78 is 20.1. The average Bonchev–Trinajstić information content (AvgIpc) is 2.80. The third-order valence-corrected chi connectivity index (χ3v) is 3.12. The second kappa shape index (κ2) is 5.78. The number of hydrogen-bond donors (Lipinski definition) is 1. The van der Waals surface area contributed by atoms with Crippen LogP contribution in [0.25, 0.3) is 0 Å². The number of nitrogens with one attached hydrogen (secondary N) is 1. The Morgan fingerprint density at radius 2 is 2.24 bits per heavy atom. The largest absolute Gasteiger partial charge is 0.494 e. The zero-order valence-corrected chi connectivity index (χ0v) is 11.8. The lowest BCUT2D eigenvalue weighted by atomic mass is 10.1. The number of nitrogens with zero attached hydrogens (tertiary/aromatic N) is 3. The van der Waals surface area contributed by atoms with Crippen molar-refractivity contribution in [1.82, 2.24) is 9.55 Å². The van der Waals surface area contributed by atoms with E-state index in [1.54, 1.807) is 20.0 Å². The van der Waals surface area contributed by atoms with Gasteiger partial charge in [0.15, 0.2) is 11.6 Å². The van der Waals surface area contributed by atoms with Crippen LogP contribution in [0.3, 0.4) is 0 Å². The van der Waals surface area contributed by atoms with E-state index >= 15 is 0 Å². The van der Waals surface area contributed by atoms with Crippen molar-refractivity contribution in [2.75, 3.05) is 12.4 Å². The van der Waals surface area contributed by atoms with Gasteiger partial charge in [-0.2, -0.15) is 0 Å². The van der Waals surface area contributed by atoms with Crippen LogP contribution in [0.15, 0.2) is 24.5 Å². The Balaban J connectivity index is 2.26. The maximum Gasteiger partial charge on any atom is 0.406 e. The van der Waals surface area contributed by atoms with Crippen LogP contribution in [0.1, 0.15) is 18.5 Å². The van der Waals surface area contributed by atoms with Crippen molar-refractivity contribution in [2.24, 2.45) is 7.05 Å². The van der Waals surface area contributed by atoms with Crippen LogP contribution in [0.5, 0.6) is 5.75 Å². The molecule has 1 aromatic carbocycles. The molecular weight excluding hydrogens is 279 g/mol. The van der Waals surface area contributed by atoms with Gasteiger partial charge >= 0.3 is 5.82 Å². The van der Waals surface area contributed by atoms with E-state index in [0.29, 0.717) is 5.56 Å². The van der Waals surface area contributed by atoms with Crippen LogP contribution in [-0.2, 0) is 7.05 Å². The van der Waals surface area contributed by atoms with Crippen LogP contribution in [0, 0.1) is 15.9 Å². The molecule has 2 aromatic rings. The van der Waals surface area contributed by atoms with E-state index in [2.05, 4.69) is 10.3 Å². The highest BCUT2D eigenvalue weighted by Gasteiger charge is 2.22. The number of methoxy groups -OCH3 is 1. The monoisotopic (exact) mass is 294 g/mol. The number of imidazole rings is 1. The summed E-state index contributed by atoms with van der Waals surface area (Å²) in [5.74, 6) is -0.331. The van der Waals surface area contributed by atoms with E-state index in [0.717, 1.165) is 0 Å². The molecule has 0 aliphatic rings. The predicted molar refractivity (Wildman–Crippen MR) is 74.9 cm³/mol. The summed E-state index contributed by atoms with van der Waals surface area (Å²) in [7, 11) is 3.03. The Kier molecular flexibility index (Phi) is 4.06. The lowest BCUT2D eigenvalue weighted by molar-refractivity contribution is -0.388. The van der Waals surface area contributed by atoms with E-state index in [9.17, 15) is 14.5 Å². The van der Waals surface area contributed by atoms with Crippen LogP contribution in [0.2, 0.25) is 0 Å². The number of aromatic nitrogens is 2. The first-order chi connectivity index (χ1) is 9.93. The van der Waals surface area contributed by atoms with Gasteiger partial charge in [-0.25, -0.2) is 4.39 Å². The number of halogens is 1. The minimum Gasteiger partial charge on any atom is -0.494 e. The zero-order valence-electron chi connectivity index (χ0n) is 11.8. The summed E-state index contributed by atoms with van der Waals surface area (Å²) in [6.45, 7) is 1.78. The fourth-order valence-corrected chi connectivity index (χ4v) is 1.96. The second-order valence-corrected chi connectivity index (χ2v) is 4.54. The van der Waals surface area contributed by atoms with Crippen molar-refractivity contribution in [3.05, 3.63) is 46.0 Å². The zero-order chi connectivity index (χ0) is 15.6. The summed E-state index contributed by atoms with van der Waals surface area (Å²) in [4.78, 5) is 14.1. The molecule has 1 unspecified atom stereocenters. The molecule has 0 radical (unpaired) electrons. The number of rotatable bonds is 5. The lowest BCUT2D eigenvalue weighted by Crippen LogP contribution is -2.11. The van der Waals surface area contributed by atoms with Gasteiger partial charge in [0.2, 0.25) is 12.1 Å². The van der Waals surface area contributed by atoms with Gasteiger partial charge in [-0.05, 0) is 34.5 Å². The molecule has 2 rings (SSSR count). The first-order valence-electron chi connectivity index (χ1n) is 6.19. The first kappa shape index (κ1) is 14.8. The highest BCUT2D eigenvalue weighted by atomic mass is 19.1. The van der Waals surface area contributed by atoms with Gasteiger partial charge < -0.3 is 20.2 Å². The molecular formula is C13H15FN4O3. The molecule has 112 valence electrons. The molecule has 0 amide bonds. The minimum atomic E-state index is -0.566. The molecule has 1 atom stereocenters. The smallest absolute Gasteiger partial charge is 0.406 e. The Morgan fingerprint density at radius 1 is 1.52 bits per heavy atom. The fourth-order valence-electron chi connectivity index (χ4n) is 1.96. The van der Waals surface area contributed by atoms with Crippen LogP contribution in [0.4, 0.5) is 16.0 Å². The molecule has 0 aliphatic carbocycles. The quantitative estimate of drug-likeness (QED) is 0.677. The van der Waals surface area contributed by atoms with Gasteiger partial charge in [0, 0.05) is 7.05 Å². The summed E-state index contributed by atoms with van der Waals surface area (Å²) in [5.41, 5.74) is 0.642. The molecule has 0 aliphatic heterocycles. The number of nitro groups is 1. The number of benzene rings is 1. The van der Waals surface area contributed by atoms with Crippen molar-refractivity contribution in [3.63, 3.8) is 0 Å². The van der Waals surface area contributed by atoms with Crippen molar-refractivity contribution in [2.45, 2.75) is 13.0 Å². The predicted octanol–water partition coefficient (Wildman–Crippen LogP) is 2.65. The van der Waals surface area contributed by atoms with Crippen LogP contribution >= 0.6 is 0 Å². The topological polar surface area (TPSA) is 82.2 Å². The number of hydrogen-bond acceptors (Lipinski definition) is 5. The molecule has 1 N–H and O–H groups in total. The highest BCUT2D eigenvalue weighted by molar-refractivity contribution is 5.53. The van der Waals surface area contributed by atoms with Gasteiger partial charge in [0.25, 0.3) is 0 Å². The lowest BCUT2D eigenvalue weighted by Gasteiger charge is -2.16. The van der Waals surface area contributed by atoms with Crippen molar-refractivity contribution in [1.29, 1.82) is 0 Å². The number of aryl methyl sites for hydroxylation is 1. The third kappa shape index (κ3) is 2.93. The minimum absolute atomic E-state index is 0.150. The second-order valence-electron chi connectivity index (χ2n) is 4.54. The molecule has 7 nitrogen and oxygen atoms in total. The van der Waals surface area contributed by atoms with Gasteiger partial charge in [0.05, 0.1) is 13.2 Å². The maximum absolute atomic E-state index is 13.7. The fraction of sp³-hybridized carbons (Fsp3) is 0.308. The van der Waals surface area contributed by atoms with Gasteiger partial charge in [-0.3, -0.25) is 4.57 Å². The SMILES string of the molecule is COc1ccc(C(C)Nc2c([N+](=O)[O-])ncn2C)cc1F. The normalized spacial score (nSPS) is 12.0. The highest BCUT2D eigenvalue weighted by Crippen LogP contribution is 2.28. The standard InChI is InChI=1S/C13H15FN4O3/c1-8(9-4-5-11(21-3)10(14)6-9)16-13-12(18(19)20)15-7-17(13)2/h4-8,16H,1-3H3. The summed E-state index contributed by atoms with van der Waals surface area (Å²) in [5, 5.41) is 13.9. The molecule has 1 aromatic heterocycles. The van der Waals surface area contributed by atoms with E-state index in [4.69, 9.17) is 4.74 Å². The van der Waals surface area contributed by atoms with Crippen molar-refractivity contribution < 1.29 is 14.1 Å². The Bertz CT molecular complexity index is 671. The molecule has 1 heterocycles. The molecule has 0 spiro atoms. The molecule has 0 bridgehead atoms. The van der Waals surface area contributed by atoms with Crippen molar-refractivity contribution in [3.8, 4) is 5.75 Å². The molecule has 0 saturated heterocycles. The van der Waals surface area contributed by atoms with Crippen molar-refractivity contribution >= 4 is 11.6 Å². The van der Waals surface area contributed by atoms with E-state index in [1.165, 1.54) is 30.1 Å². The van der Waals surface area contributed by atoms with Gasteiger partial charge in [0.1, 0.15) is 0 Å².